The highest BCUT2D eigenvalue weighted by Gasteiger charge is 2.25. The number of hydrogen-bond acceptors (Lipinski definition) is 3. The molecule has 0 spiro atoms. The summed E-state index contributed by atoms with van der Waals surface area (Å²) in [5.41, 5.74) is 7.96. The molecular weight excluding hydrogens is 200 g/mol. The SMILES string of the molecule is CC(CC1CC1)n1c(N)nc2cnccc21. The topological polar surface area (TPSA) is 56.7 Å². The van der Waals surface area contributed by atoms with Crippen LogP contribution in [0.15, 0.2) is 18.5 Å². The van der Waals surface area contributed by atoms with Gasteiger partial charge in [0.2, 0.25) is 5.95 Å². The minimum atomic E-state index is 0.430. The maximum absolute atomic E-state index is 5.97. The average molecular weight is 216 g/mol. The van der Waals surface area contributed by atoms with Crippen molar-refractivity contribution in [2.24, 2.45) is 5.92 Å². The normalized spacial score (nSPS) is 17.8. The number of hydrogen-bond donors (Lipinski definition) is 1. The molecule has 1 fully saturated rings. The Morgan fingerprint density at radius 1 is 1.56 bits per heavy atom. The molecule has 0 amide bonds. The van der Waals surface area contributed by atoms with E-state index in [0.29, 0.717) is 12.0 Å². The lowest BCUT2D eigenvalue weighted by Gasteiger charge is -2.15. The molecule has 2 N–H and O–H groups in total. The van der Waals surface area contributed by atoms with Crippen LogP contribution in [0.25, 0.3) is 11.0 Å². The quantitative estimate of drug-likeness (QED) is 0.857. The average Bonchev–Trinajstić information content (AvgIpc) is 2.98. The van der Waals surface area contributed by atoms with Gasteiger partial charge in [0.25, 0.3) is 0 Å². The van der Waals surface area contributed by atoms with Crippen LogP contribution in [0.1, 0.15) is 32.2 Å². The summed E-state index contributed by atoms with van der Waals surface area (Å²) in [5.74, 6) is 1.50. The summed E-state index contributed by atoms with van der Waals surface area (Å²) in [7, 11) is 0. The van der Waals surface area contributed by atoms with Crippen molar-refractivity contribution in [3.8, 4) is 0 Å². The molecule has 2 aromatic heterocycles. The number of pyridine rings is 1. The van der Waals surface area contributed by atoms with Gasteiger partial charge in [-0.25, -0.2) is 4.98 Å². The van der Waals surface area contributed by atoms with E-state index in [9.17, 15) is 0 Å². The Kier molecular flexibility index (Phi) is 2.09. The molecule has 1 aliphatic rings. The van der Waals surface area contributed by atoms with Gasteiger partial charge in [0.1, 0.15) is 5.52 Å². The van der Waals surface area contributed by atoms with Crippen molar-refractivity contribution < 1.29 is 0 Å². The van der Waals surface area contributed by atoms with Crippen molar-refractivity contribution in [1.29, 1.82) is 0 Å². The van der Waals surface area contributed by atoms with Gasteiger partial charge in [-0.3, -0.25) is 4.98 Å². The predicted octanol–water partition coefficient (Wildman–Crippen LogP) is 2.37. The lowest BCUT2D eigenvalue weighted by molar-refractivity contribution is 0.492. The van der Waals surface area contributed by atoms with Crippen LogP contribution < -0.4 is 5.73 Å². The van der Waals surface area contributed by atoms with Crippen LogP contribution in [-0.2, 0) is 0 Å². The van der Waals surface area contributed by atoms with Crippen molar-refractivity contribution >= 4 is 17.0 Å². The van der Waals surface area contributed by atoms with Crippen molar-refractivity contribution in [2.75, 3.05) is 5.73 Å². The van der Waals surface area contributed by atoms with Crippen LogP contribution >= 0.6 is 0 Å². The molecule has 1 atom stereocenters. The number of anilines is 1. The van der Waals surface area contributed by atoms with Gasteiger partial charge in [-0.15, -0.1) is 0 Å². The summed E-state index contributed by atoms with van der Waals surface area (Å²) < 4.78 is 2.13. The predicted molar refractivity (Wildman–Crippen MR) is 64.0 cm³/mol. The number of nitrogens with zero attached hydrogens (tertiary/aromatic N) is 3. The summed E-state index contributed by atoms with van der Waals surface area (Å²) >= 11 is 0. The Bertz CT molecular complexity index is 513. The first-order valence-corrected chi connectivity index (χ1v) is 5.83. The summed E-state index contributed by atoms with van der Waals surface area (Å²) in [6, 6.07) is 2.42. The lowest BCUT2D eigenvalue weighted by Crippen LogP contribution is -2.09. The third-order valence-electron chi connectivity index (χ3n) is 3.33. The van der Waals surface area contributed by atoms with Gasteiger partial charge in [0.15, 0.2) is 0 Å². The smallest absolute Gasteiger partial charge is 0.201 e. The summed E-state index contributed by atoms with van der Waals surface area (Å²) in [4.78, 5) is 8.41. The first-order valence-electron chi connectivity index (χ1n) is 5.83. The van der Waals surface area contributed by atoms with Crippen LogP contribution in [0.3, 0.4) is 0 Å². The van der Waals surface area contributed by atoms with Crippen LogP contribution in [-0.4, -0.2) is 14.5 Å². The number of nitrogens with two attached hydrogens (primary N) is 1. The third-order valence-corrected chi connectivity index (χ3v) is 3.33. The molecule has 0 saturated heterocycles. The van der Waals surface area contributed by atoms with Crippen molar-refractivity contribution in [3.05, 3.63) is 18.5 Å². The molecule has 84 valence electrons. The molecular formula is C12H16N4. The summed E-state index contributed by atoms with van der Waals surface area (Å²) in [6.45, 7) is 2.22. The van der Waals surface area contributed by atoms with Crippen LogP contribution in [0.5, 0.6) is 0 Å². The van der Waals surface area contributed by atoms with Gasteiger partial charge in [-0.1, -0.05) is 12.8 Å². The summed E-state index contributed by atoms with van der Waals surface area (Å²) in [6.07, 6.45) is 7.52. The molecule has 0 radical (unpaired) electrons. The van der Waals surface area contributed by atoms with E-state index in [-0.39, 0.29) is 0 Å². The highest BCUT2D eigenvalue weighted by atomic mass is 15.2. The minimum absolute atomic E-state index is 0.430. The Morgan fingerprint density at radius 2 is 2.38 bits per heavy atom. The molecule has 0 aliphatic heterocycles. The molecule has 16 heavy (non-hydrogen) atoms. The Balaban J connectivity index is 2.03. The highest BCUT2D eigenvalue weighted by molar-refractivity contribution is 5.77. The number of aromatic nitrogens is 3. The maximum atomic E-state index is 5.97. The zero-order valence-corrected chi connectivity index (χ0v) is 9.43. The molecule has 2 heterocycles. The molecule has 1 unspecified atom stereocenters. The second-order valence-corrected chi connectivity index (χ2v) is 4.73. The lowest BCUT2D eigenvalue weighted by atomic mass is 10.1. The molecule has 0 bridgehead atoms. The van der Waals surface area contributed by atoms with E-state index in [1.807, 2.05) is 6.07 Å². The Hall–Kier alpha value is -1.58. The van der Waals surface area contributed by atoms with Gasteiger partial charge in [0.05, 0.1) is 11.7 Å². The highest BCUT2D eigenvalue weighted by Crippen LogP contribution is 2.38. The Labute approximate surface area is 94.5 Å². The third kappa shape index (κ3) is 1.54. The Morgan fingerprint density at radius 3 is 3.12 bits per heavy atom. The molecule has 3 rings (SSSR count). The van der Waals surface area contributed by atoms with Gasteiger partial charge in [-0.05, 0) is 25.3 Å². The largest absolute Gasteiger partial charge is 0.369 e. The van der Waals surface area contributed by atoms with Gasteiger partial charge >= 0.3 is 0 Å². The van der Waals surface area contributed by atoms with E-state index < -0.39 is 0 Å². The first kappa shape index (κ1) is 9.63. The number of rotatable bonds is 3. The molecule has 4 heteroatoms. The summed E-state index contributed by atoms with van der Waals surface area (Å²) in [5, 5.41) is 0. The maximum Gasteiger partial charge on any atom is 0.201 e. The fraction of sp³-hybridized carbons (Fsp3) is 0.500. The number of nitrogen functional groups attached to an aromatic ring is 1. The van der Waals surface area contributed by atoms with Crippen LogP contribution in [0.4, 0.5) is 5.95 Å². The van der Waals surface area contributed by atoms with Crippen molar-refractivity contribution in [2.45, 2.75) is 32.2 Å². The number of imidazole rings is 1. The standard InChI is InChI=1S/C12H16N4/c1-8(6-9-2-3-9)16-11-4-5-14-7-10(11)15-12(16)13/h4-5,7-9H,2-3,6H2,1H3,(H2,13,15). The van der Waals surface area contributed by atoms with E-state index in [4.69, 9.17) is 5.73 Å². The van der Waals surface area contributed by atoms with Crippen molar-refractivity contribution in [3.63, 3.8) is 0 Å². The number of fused-ring (bicyclic) bond motifs is 1. The van der Waals surface area contributed by atoms with E-state index in [1.165, 1.54) is 19.3 Å². The van der Waals surface area contributed by atoms with E-state index in [1.54, 1.807) is 12.4 Å². The molecule has 4 nitrogen and oxygen atoms in total. The van der Waals surface area contributed by atoms with Crippen LogP contribution in [0, 0.1) is 5.92 Å². The van der Waals surface area contributed by atoms with Crippen molar-refractivity contribution in [1.82, 2.24) is 14.5 Å². The fourth-order valence-electron chi connectivity index (χ4n) is 2.37. The van der Waals surface area contributed by atoms with E-state index in [0.717, 1.165) is 17.0 Å². The molecule has 1 saturated carbocycles. The first-order chi connectivity index (χ1) is 7.75. The zero-order chi connectivity index (χ0) is 11.1. The molecule has 1 aliphatic carbocycles. The van der Waals surface area contributed by atoms with Gasteiger partial charge < -0.3 is 10.3 Å². The zero-order valence-electron chi connectivity index (χ0n) is 9.43. The second-order valence-electron chi connectivity index (χ2n) is 4.73. The van der Waals surface area contributed by atoms with Crippen LogP contribution in [0.2, 0.25) is 0 Å². The molecule has 0 aromatic carbocycles. The molecule has 2 aromatic rings. The monoisotopic (exact) mass is 216 g/mol. The van der Waals surface area contributed by atoms with E-state index in [2.05, 4.69) is 21.5 Å². The van der Waals surface area contributed by atoms with Gasteiger partial charge in [-0.2, -0.15) is 0 Å². The second kappa shape index (κ2) is 3.47. The fourth-order valence-corrected chi connectivity index (χ4v) is 2.37. The van der Waals surface area contributed by atoms with Gasteiger partial charge in [0, 0.05) is 12.2 Å². The van der Waals surface area contributed by atoms with E-state index >= 15 is 0 Å². The minimum Gasteiger partial charge on any atom is -0.369 e.